The molecule has 0 radical (unpaired) electrons. The fourth-order valence-corrected chi connectivity index (χ4v) is 3.58. The lowest BCUT2D eigenvalue weighted by Crippen LogP contribution is -2.47. The molecule has 2 saturated heterocycles. The maximum absolute atomic E-state index is 14.0. The molecule has 6 nitrogen and oxygen atoms in total. The van der Waals surface area contributed by atoms with Gasteiger partial charge in [0.15, 0.2) is 0 Å². The first-order valence-corrected chi connectivity index (χ1v) is 9.30. The van der Waals surface area contributed by atoms with Crippen molar-refractivity contribution < 1.29 is 13.9 Å². The fourth-order valence-electron chi connectivity index (χ4n) is 3.58. The number of carbonyl (C=O) groups excluding carboxylic acids is 1. The molecule has 1 aromatic carbocycles. The van der Waals surface area contributed by atoms with Gasteiger partial charge in [-0.1, -0.05) is 12.1 Å². The van der Waals surface area contributed by atoms with Crippen molar-refractivity contribution in [3.8, 4) is 0 Å². The normalized spacial score (nSPS) is 17.9. The molecule has 7 heteroatoms. The Morgan fingerprint density at radius 3 is 2.41 bits per heavy atom. The van der Waals surface area contributed by atoms with Crippen molar-refractivity contribution in [2.75, 3.05) is 62.3 Å². The van der Waals surface area contributed by atoms with Crippen LogP contribution in [0.15, 0.2) is 42.6 Å². The third-order valence-corrected chi connectivity index (χ3v) is 5.10. The molecular formula is C20H23FN4O2. The van der Waals surface area contributed by atoms with Gasteiger partial charge in [-0.05, 0) is 24.3 Å². The van der Waals surface area contributed by atoms with E-state index in [-0.39, 0.29) is 11.7 Å². The van der Waals surface area contributed by atoms with Gasteiger partial charge < -0.3 is 19.4 Å². The molecule has 2 fully saturated rings. The number of piperazine rings is 1. The van der Waals surface area contributed by atoms with Gasteiger partial charge in [0.2, 0.25) is 0 Å². The van der Waals surface area contributed by atoms with Crippen LogP contribution in [0.3, 0.4) is 0 Å². The van der Waals surface area contributed by atoms with E-state index < -0.39 is 0 Å². The van der Waals surface area contributed by atoms with Gasteiger partial charge in [-0.25, -0.2) is 4.39 Å². The van der Waals surface area contributed by atoms with Gasteiger partial charge in [-0.15, -0.1) is 0 Å². The van der Waals surface area contributed by atoms with Gasteiger partial charge in [-0.3, -0.25) is 9.78 Å². The molecule has 0 unspecified atom stereocenters. The summed E-state index contributed by atoms with van der Waals surface area (Å²) in [5, 5.41) is 0. The van der Waals surface area contributed by atoms with Crippen LogP contribution in [0.4, 0.5) is 15.8 Å². The zero-order valence-electron chi connectivity index (χ0n) is 15.2. The minimum Gasteiger partial charge on any atom is -0.378 e. The standard InChI is InChI=1S/C20H23FN4O2/c21-17-3-1-2-4-19(17)24-9-7-23(8-10-24)16-5-6-22-18(15-16)20(26)25-11-13-27-14-12-25/h1-6,15H,7-14H2. The van der Waals surface area contributed by atoms with E-state index in [9.17, 15) is 9.18 Å². The van der Waals surface area contributed by atoms with Crippen LogP contribution in [0.25, 0.3) is 0 Å². The van der Waals surface area contributed by atoms with E-state index in [1.54, 1.807) is 17.2 Å². The van der Waals surface area contributed by atoms with Gasteiger partial charge in [0, 0.05) is 51.2 Å². The molecule has 0 spiro atoms. The van der Waals surface area contributed by atoms with Crippen LogP contribution in [0.1, 0.15) is 10.5 Å². The topological polar surface area (TPSA) is 48.9 Å². The Balaban J connectivity index is 1.43. The molecule has 1 amide bonds. The number of rotatable bonds is 3. The Morgan fingerprint density at radius 2 is 1.67 bits per heavy atom. The third-order valence-electron chi connectivity index (χ3n) is 5.10. The summed E-state index contributed by atoms with van der Waals surface area (Å²) in [4.78, 5) is 23.0. The highest BCUT2D eigenvalue weighted by Crippen LogP contribution is 2.23. The first-order valence-electron chi connectivity index (χ1n) is 9.30. The van der Waals surface area contributed by atoms with E-state index in [1.807, 2.05) is 24.3 Å². The van der Waals surface area contributed by atoms with Crippen LogP contribution < -0.4 is 9.80 Å². The molecule has 2 aromatic rings. The lowest BCUT2D eigenvalue weighted by atomic mass is 10.2. The summed E-state index contributed by atoms with van der Waals surface area (Å²) in [6, 6.07) is 10.7. The second kappa shape index (κ2) is 7.92. The molecular weight excluding hydrogens is 347 g/mol. The third kappa shape index (κ3) is 3.88. The predicted molar refractivity (Wildman–Crippen MR) is 102 cm³/mol. The van der Waals surface area contributed by atoms with Gasteiger partial charge in [0.05, 0.1) is 18.9 Å². The van der Waals surface area contributed by atoms with Crippen LogP contribution in [0, 0.1) is 5.82 Å². The van der Waals surface area contributed by atoms with Crippen LogP contribution in [-0.2, 0) is 4.74 Å². The maximum atomic E-state index is 14.0. The molecule has 142 valence electrons. The van der Waals surface area contributed by atoms with E-state index in [2.05, 4.69) is 14.8 Å². The van der Waals surface area contributed by atoms with E-state index in [0.29, 0.717) is 37.7 Å². The number of amides is 1. The Hall–Kier alpha value is -2.67. The molecule has 1 aromatic heterocycles. The highest BCUT2D eigenvalue weighted by atomic mass is 19.1. The number of ether oxygens (including phenoxy) is 1. The number of hydrogen-bond donors (Lipinski definition) is 0. The molecule has 4 rings (SSSR count). The molecule has 0 aliphatic carbocycles. The number of pyridine rings is 1. The summed E-state index contributed by atoms with van der Waals surface area (Å²) >= 11 is 0. The quantitative estimate of drug-likeness (QED) is 0.827. The summed E-state index contributed by atoms with van der Waals surface area (Å²) in [5.74, 6) is -0.238. The number of para-hydroxylation sites is 1. The maximum Gasteiger partial charge on any atom is 0.272 e. The fraction of sp³-hybridized carbons (Fsp3) is 0.400. The number of benzene rings is 1. The molecule has 3 heterocycles. The minimum atomic E-state index is -0.187. The Kier molecular flexibility index (Phi) is 5.20. The number of carbonyl (C=O) groups is 1. The zero-order valence-corrected chi connectivity index (χ0v) is 15.2. The number of hydrogen-bond acceptors (Lipinski definition) is 5. The molecule has 2 aliphatic heterocycles. The number of morpholine rings is 1. The number of halogens is 1. The van der Waals surface area contributed by atoms with Gasteiger partial charge in [-0.2, -0.15) is 0 Å². The van der Waals surface area contributed by atoms with Crippen LogP contribution in [0.2, 0.25) is 0 Å². The Labute approximate surface area is 158 Å². The summed E-state index contributed by atoms with van der Waals surface area (Å²) in [6.07, 6.45) is 1.69. The smallest absolute Gasteiger partial charge is 0.272 e. The van der Waals surface area contributed by atoms with Gasteiger partial charge in [0.25, 0.3) is 5.91 Å². The number of anilines is 2. The zero-order chi connectivity index (χ0) is 18.6. The molecule has 0 atom stereocenters. The van der Waals surface area contributed by atoms with Crippen molar-refractivity contribution in [1.29, 1.82) is 0 Å². The van der Waals surface area contributed by atoms with Crippen LogP contribution in [0.5, 0.6) is 0 Å². The van der Waals surface area contributed by atoms with Gasteiger partial charge >= 0.3 is 0 Å². The first-order chi connectivity index (χ1) is 13.2. The molecule has 27 heavy (non-hydrogen) atoms. The first kappa shape index (κ1) is 17.7. The Bertz CT molecular complexity index is 802. The van der Waals surface area contributed by atoms with E-state index in [0.717, 1.165) is 31.9 Å². The highest BCUT2D eigenvalue weighted by molar-refractivity contribution is 5.93. The summed E-state index contributed by atoms with van der Waals surface area (Å²) in [5.41, 5.74) is 2.09. The van der Waals surface area contributed by atoms with Crippen molar-refractivity contribution in [3.05, 3.63) is 54.1 Å². The second-order valence-corrected chi connectivity index (χ2v) is 6.73. The van der Waals surface area contributed by atoms with E-state index >= 15 is 0 Å². The summed E-state index contributed by atoms with van der Waals surface area (Å²) < 4.78 is 19.3. The largest absolute Gasteiger partial charge is 0.378 e. The van der Waals surface area contributed by atoms with E-state index in [1.165, 1.54) is 6.07 Å². The van der Waals surface area contributed by atoms with Crippen molar-refractivity contribution in [1.82, 2.24) is 9.88 Å². The van der Waals surface area contributed by atoms with Crippen molar-refractivity contribution in [3.63, 3.8) is 0 Å². The average Bonchev–Trinajstić information content (AvgIpc) is 2.74. The van der Waals surface area contributed by atoms with E-state index in [4.69, 9.17) is 4.74 Å². The summed E-state index contributed by atoms with van der Waals surface area (Å²) in [6.45, 7) is 5.35. The lowest BCUT2D eigenvalue weighted by Gasteiger charge is -2.37. The average molecular weight is 370 g/mol. The van der Waals surface area contributed by atoms with Crippen LogP contribution in [-0.4, -0.2) is 68.3 Å². The van der Waals surface area contributed by atoms with Crippen molar-refractivity contribution in [2.45, 2.75) is 0 Å². The lowest BCUT2D eigenvalue weighted by molar-refractivity contribution is 0.0299. The van der Waals surface area contributed by atoms with Gasteiger partial charge in [0.1, 0.15) is 11.5 Å². The summed E-state index contributed by atoms with van der Waals surface area (Å²) in [7, 11) is 0. The molecule has 0 saturated carbocycles. The highest BCUT2D eigenvalue weighted by Gasteiger charge is 2.23. The predicted octanol–water partition coefficient (Wildman–Crippen LogP) is 2.02. The second-order valence-electron chi connectivity index (χ2n) is 6.73. The molecule has 0 bridgehead atoms. The number of aromatic nitrogens is 1. The number of nitrogens with zero attached hydrogens (tertiary/aromatic N) is 4. The molecule has 0 N–H and O–H groups in total. The van der Waals surface area contributed by atoms with Crippen molar-refractivity contribution in [2.24, 2.45) is 0 Å². The Morgan fingerprint density at radius 1 is 0.963 bits per heavy atom. The molecule has 2 aliphatic rings. The SMILES string of the molecule is O=C(c1cc(N2CCN(c3ccccc3F)CC2)ccn1)N1CCOCC1. The van der Waals surface area contributed by atoms with Crippen LogP contribution >= 0.6 is 0 Å². The monoisotopic (exact) mass is 370 g/mol. The van der Waals surface area contributed by atoms with Crippen molar-refractivity contribution >= 4 is 17.3 Å². The minimum absolute atomic E-state index is 0.0508.